The fraction of sp³-hybridized carbons (Fsp3) is 0.333. The predicted molar refractivity (Wildman–Crippen MR) is 67.5 cm³/mol. The summed E-state index contributed by atoms with van der Waals surface area (Å²) in [6, 6.07) is 7.58. The molecule has 0 aliphatic carbocycles. The fourth-order valence-corrected chi connectivity index (χ4v) is 2.64. The van der Waals surface area contributed by atoms with Gasteiger partial charge in [0.25, 0.3) is 0 Å². The lowest BCUT2D eigenvalue weighted by Gasteiger charge is -2.12. The molecule has 1 heterocycles. The van der Waals surface area contributed by atoms with Crippen LogP contribution in [0.4, 0.5) is 5.69 Å². The van der Waals surface area contributed by atoms with Crippen LogP contribution in [-0.4, -0.2) is 29.0 Å². The average Bonchev–Trinajstić information content (AvgIpc) is 2.61. The minimum absolute atomic E-state index is 0.0526. The normalized spacial score (nSPS) is 15.6. The molecule has 1 aliphatic heterocycles. The van der Waals surface area contributed by atoms with E-state index in [1.807, 2.05) is 24.3 Å². The van der Waals surface area contributed by atoms with Crippen molar-refractivity contribution >= 4 is 29.3 Å². The molecule has 1 aromatic carbocycles. The Bertz CT molecular complexity index is 432. The topological polar surface area (TPSA) is 63.4 Å². The summed E-state index contributed by atoms with van der Waals surface area (Å²) in [5.41, 5.74) is 6.39. The molecule has 5 heteroatoms. The van der Waals surface area contributed by atoms with Gasteiger partial charge in [-0.15, -0.1) is 11.8 Å². The Balaban J connectivity index is 1.83. The summed E-state index contributed by atoms with van der Waals surface area (Å²) >= 11 is 1.60. The van der Waals surface area contributed by atoms with Crippen molar-refractivity contribution in [3.8, 4) is 0 Å². The molecular formula is C12H14N2O2S. The van der Waals surface area contributed by atoms with Gasteiger partial charge in [-0.05, 0) is 18.2 Å². The van der Waals surface area contributed by atoms with Gasteiger partial charge in [0.2, 0.25) is 11.8 Å². The Hall–Kier alpha value is -1.49. The first-order chi connectivity index (χ1) is 8.16. The number of imide groups is 1. The highest BCUT2D eigenvalue weighted by molar-refractivity contribution is 7.99. The first-order valence-electron chi connectivity index (χ1n) is 5.48. The average molecular weight is 250 g/mol. The van der Waals surface area contributed by atoms with Gasteiger partial charge < -0.3 is 5.73 Å². The molecule has 0 aromatic heterocycles. The van der Waals surface area contributed by atoms with E-state index in [2.05, 4.69) is 0 Å². The Morgan fingerprint density at radius 3 is 2.59 bits per heavy atom. The van der Waals surface area contributed by atoms with E-state index >= 15 is 0 Å². The number of anilines is 1. The third-order valence-electron chi connectivity index (χ3n) is 2.60. The summed E-state index contributed by atoms with van der Waals surface area (Å²) in [6.45, 7) is 0.483. The van der Waals surface area contributed by atoms with Crippen LogP contribution in [0.5, 0.6) is 0 Å². The summed E-state index contributed by atoms with van der Waals surface area (Å²) in [5.74, 6) is 0.604. The zero-order chi connectivity index (χ0) is 12.3. The van der Waals surface area contributed by atoms with Gasteiger partial charge >= 0.3 is 0 Å². The molecule has 2 amide bonds. The first-order valence-corrected chi connectivity index (χ1v) is 6.47. The predicted octanol–water partition coefficient (Wildman–Crippen LogP) is 1.51. The van der Waals surface area contributed by atoms with E-state index in [0.29, 0.717) is 25.1 Å². The Morgan fingerprint density at radius 2 is 1.94 bits per heavy atom. The highest BCUT2D eigenvalue weighted by atomic mass is 32.2. The van der Waals surface area contributed by atoms with Crippen LogP contribution in [0.3, 0.4) is 0 Å². The third-order valence-corrected chi connectivity index (χ3v) is 3.57. The summed E-state index contributed by atoms with van der Waals surface area (Å²) in [6.07, 6.45) is 0.726. The third kappa shape index (κ3) is 3.00. The Kier molecular flexibility index (Phi) is 3.68. The second kappa shape index (κ2) is 5.23. The minimum atomic E-state index is -0.0526. The first kappa shape index (κ1) is 12.0. The lowest BCUT2D eigenvalue weighted by atomic mass is 10.3. The van der Waals surface area contributed by atoms with Crippen molar-refractivity contribution < 1.29 is 9.59 Å². The van der Waals surface area contributed by atoms with Gasteiger partial charge in [0.15, 0.2) is 0 Å². The number of likely N-dealkylation sites (tertiary alicyclic amines) is 1. The van der Waals surface area contributed by atoms with E-state index in [9.17, 15) is 9.59 Å². The van der Waals surface area contributed by atoms with Crippen LogP contribution >= 0.6 is 11.8 Å². The molecule has 17 heavy (non-hydrogen) atoms. The van der Waals surface area contributed by atoms with E-state index in [0.717, 1.165) is 10.6 Å². The summed E-state index contributed by atoms with van der Waals surface area (Å²) in [4.78, 5) is 25.1. The van der Waals surface area contributed by atoms with Crippen molar-refractivity contribution in [3.05, 3.63) is 24.3 Å². The van der Waals surface area contributed by atoms with E-state index in [1.54, 1.807) is 11.8 Å². The number of nitrogen functional groups attached to an aromatic ring is 1. The van der Waals surface area contributed by atoms with Crippen LogP contribution in [0, 0.1) is 0 Å². The lowest BCUT2D eigenvalue weighted by molar-refractivity contribution is -0.137. The number of hydrogen-bond donors (Lipinski definition) is 1. The Morgan fingerprint density at radius 1 is 1.24 bits per heavy atom. The molecule has 90 valence electrons. The zero-order valence-electron chi connectivity index (χ0n) is 9.39. The van der Waals surface area contributed by atoms with Crippen LogP contribution in [0.15, 0.2) is 29.2 Å². The van der Waals surface area contributed by atoms with Gasteiger partial charge in [0.05, 0.1) is 0 Å². The molecular weight excluding hydrogens is 236 g/mol. The monoisotopic (exact) mass is 250 g/mol. The zero-order valence-corrected chi connectivity index (χ0v) is 10.2. The highest BCUT2D eigenvalue weighted by Gasteiger charge is 2.27. The van der Waals surface area contributed by atoms with Crippen molar-refractivity contribution in [2.45, 2.75) is 17.7 Å². The van der Waals surface area contributed by atoms with Crippen LogP contribution in [-0.2, 0) is 9.59 Å². The molecule has 0 saturated carbocycles. The minimum Gasteiger partial charge on any atom is -0.399 e. The number of carbonyl (C=O) groups is 2. The van der Waals surface area contributed by atoms with Crippen molar-refractivity contribution in [1.82, 2.24) is 4.90 Å². The number of nitrogens with two attached hydrogens (primary N) is 1. The smallest absolute Gasteiger partial charge is 0.229 e. The number of amides is 2. The van der Waals surface area contributed by atoms with Crippen molar-refractivity contribution in [2.24, 2.45) is 0 Å². The molecule has 0 bridgehead atoms. The van der Waals surface area contributed by atoms with E-state index in [-0.39, 0.29) is 11.8 Å². The Labute approximate surface area is 104 Å². The van der Waals surface area contributed by atoms with Gasteiger partial charge in [0, 0.05) is 35.7 Å². The molecule has 1 aliphatic rings. The van der Waals surface area contributed by atoms with Crippen molar-refractivity contribution in [2.75, 3.05) is 18.0 Å². The summed E-state index contributed by atoms with van der Waals surface area (Å²) in [5, 5.41) is 0. The molecule has 2 N–H and O–H groups in total. The molecule has 1 fully saturated rings. The van der Waals surface area contributed by atoms with Gasteiger partial charge in [-0.1, -0.05) is 6.07 Å². The molecule has 0 unspecified atom stereocenters. The summed E-state index contributed by atoms with van der Waals surface area (Å²) in [7, 11) is 0. The van der Waals surface area contributed by atoms with Gasteiger partial charge in [-0.3, -0.25) is 14.5 Å². The maximum Gasteiger partial charge on any atom is 0.229 e. The van der Waals surface area contributed by atoms with E-state index in [1.165, 1.54) is 4.90 Å². The van der Waals surface area contributed by atoms with Crippen LogP contribution in [0.2, 0.25) is 0 Å². The molecule has 0 radical (unpaired) electrons. The SMILES string of the molecule is Nc1cccc(SCCN2C(=O)CCC2=O)c1. The lowest BCUT2D eigenvalue weighted by Crippen LogP contribution is -2.31. The molecule has 2 rings (SSSR count). The number of carbonyl (C=O) groups excluding carboxylic acids is 2. The molecule has 0 atom stereocenters. The quantitative estimate of drug-likeness (QED) is 0.500. The van der Waals surface area contributed by atoms with Crippen molar-refractivity contribution in [1.29, 1.82) is 0 Å². The van der Waals surface area contributed by atoms with Crippen LogP contribution in [0.1, 0.15) is 12.8 Å². The standard InChI is InChI=1S/C12H14N2O2S/c13-9-2-1-3-10(8-9)17-7-6-14-11(15)4-5-12(14)16/h1-3,8H,4-7,13H2. The maximum atomic E-state index is 11.4. The molecule has 4 nitrogen and oxygen atoms in total. The number of hydrogen-bond acceptors (Lipinski definition) is 4. The van der Waals surface area contributed by atoms with Gasteiger partial charge in [0.1, 0.15) is 0 Å². The largest absolute Gasteiger partial charge is 0.399 e. The summed E-state index contributed by atoms with van der Waals surface area (Å²) < 4.78 is 0. The maximum absolute atomic E-state index is 11.4. The van der Waals surface area contributed by atoms with E-state index in [4.69, 9.17) is 5.73 Å². The number of nitrogens with zero attached hydrogens (tertiary/aromatic N) is 1. The molecule has 1 aromatic rings. The number of thioether (sulfide) groups is 1. The van der Waals surface area contributed by atoms with Gasteiger partial charge in [-0.2, -0.15) is 0 Å². The second-order valence-corrected chi connectivity index (χ2v) is 5.03. The highest BCUT2D eigenvalue weighted by Crippen LogP contribution is 2.21. The van der Waals surface area contributed by atoms with E-state index < -0.39 is 0 Å². The molecule has 0 spiro atoms. The molecule has 1 saturated heterocycles. The van der Waals surface area contributed by atoms with Gasteiger partial charge in [-0.25, -0.2) is 0 Å². The number of benzene rings is 1. The second-order valence-electron chi connectivity index (χ2n) is 3.86. The van der Waals surface area contributed by atoms with Crippen molar-refractivity contribution in [3.63, 3.8) is 0 Å². The fourth-order valence-electron chi connectivity index (χ4n) is 1.73. The number of rotatable bonds is 4. The van der Waals surface area contributed by atoms with Crippen LogP contribution in [0.25, 0.3) is 0 Å². The van der Waals surface area contributed by atoms with Crippen LogP contribution < -0.4 is 5.73 Å².